The highest BCUT2D eigenvalue weighted by Crippen LogP contribution is 2.22. The molecular formula is C15H11FN2O3. The van der Waals surface area contributed by atoms with Gasteiger partial charge in [-0.3, -0.25) is 4.57 Å². The Kier molecular flexibility index (Phi) is 2.86. The highest BCUT2D eigenvalue weighted by Gasteiger charge is 2.17. The number of rotatable bonds is 2. The molecule has 0 spiro atoms. The van der Waals surface area contributed by atoms with Gasteiger partial charge in [-0.05, 0) is 42.8 Å². The minimum atomic E-state index is -1.13. The molecule has 0 aliphatic carbocycles. The summed E-state index contributed by atoms with van der Waals surface area (Å²) in [7, 11) is 0. The molecular weight excluding hydrogens is 275 g/mol. The SMILES string of the molecule is Cc1cc(F)ccc1-n1c(=O)[nH]c2cccc(C(=O)O)c21. The lowest BCUT2D eigenvalue weighted by Gasteiger charge is -2.09. The number of fused-ring (bicyclic) bond motifs is 1. The average molecular weight is 286 g/mol. The summed E-state index contributed by atoms with van der Waals surface area (Å²) in [5, 5.41) is 9.29. The lowest BCUT2D eigenvalue weighted by atomic mass is 10.1. The van der Waals surface area contributed by atoms with E-state index in [0.29, 0.717) is 16.8 Å². The molecule has 0 fully saturated rings. The molecule has 0 bridgehead atoms. The summed E-state index contributed by atoms with van der Waals surface area (Å²) in [6.45, 7) is 1.66. The van der Waals surface area contributed by atoms with Gasteiger partial charge in [-0.15, -0.1) is 0 Å². The first-order chi connectivity index (χ1) is 9.99. The highest BCUT2D eigenvalue weighted by atomic mass is 19.1. The molecule has 106 valence electrons. The number of imidazole rings is 1. The molecule has 3 rings (SSSR count). The number of halogens is 1. The molecule has 0 aliphatic heterocycles. The highest BCUT2D eigenvalue weighted by molar-refractivity contribution is 6.01. The lowest BCUT2D eigenvalue weighted by molar-refractivity contribution is 0.0698. The number of nitrogens with one attached hydrogen (secondary N) is 1. The molecule has 6 heteroatoms. The third kappa shape index (κ3) is 2.01. The molecule has 0 aliphatic rings. The van der Waals surface area contributed by atoms with Crippen molar-refractivity contribution in [1.29, 1.82) is 0 Å². The number of aryl methyl sites for hydroxylation is 1. The van der Waals surface area contributed by atoms with Crippen molar-refractivity contribution in [2.24, 2.45) is 0 Å². The number of hydrogen-bond donors (Lipinski definition) is 2. The number of nitrogens with zero attached hydrogens (tertiary/aromatic N) is 1. The minimum absolute atomic E-state index is 0.00887. The van der Waals surface area contributed by atoms with Crippen molar-refractivity contribution in [3.05, 3.63) is 63.8 Å². The fraction of sp³-hybridized carbons (Fsp3) is 0.0667. The maximum Gasteiger partial charge on any atom is 0.337 e. The predicted molar refractivity (Wildman–Crippen MR) is 75.6 cm³/mol. The first-order valence-corrected chi connectivity index (χ1v) is 6.22. The first kappa shape index (κ1) is 13.1. The second kappa shape index (κ2) is 4.59. The van der Waals surface area contributed by atoms with Crippen LogP contribution in [-0.4, -0.2) is 20.6 Å². The van der Waals surface area contributed by atoms with Gasteiger partial charge in [-0.25, -0.2) is 14.0 Å². The predicted octanol–water partition coefficient (Wildman–Crippen LogP) is 2.46. The molecule has 2 N–H and O–H groups in total. The van der Waals surface area contributed by atoms with Crippen molar-refractivity contribution in [2.45, 2.75) is 6.92 Å². The molecule has 1 heterocycles. The zero-order valence-corrected chi connectivity index (χ0v) is 11.1. The van der Waals surface area contributed by atoms with Crippen LogP contribution in [0, 0.1) is 12.7 Å². The number of benzene rings is 2. The fourth-order valence-corrected chi connectivity index (χ4v) is 2.43. The second-order valence-corrected chi connectivity index (χ2v) is 4.70. The topological polar surface area (TPSA) is 75.1 Å². The van der Waals surface area contributed by atoms with E-state index < -0.39 is 17.5 Å². The number of H-pyrrole nitrogens is 1. The normalized spacial score (nSPS) is 11.0. The molecule has 1 aromatic heterocycles. The van der Waals surface area contributed by atoms with Gasteiger partial charge in [-0.1, -0.05) is 6.07 Å². The number of aromatic nitrogens is 2. The molecule has 0 atom stereocenters. The quantitative estimate of drug-likeness (QED) is 0.760. The van der Waals surface area contributed by atoms with Crippen molar-refractivity contribution >= 4 is 17.0 Å². The van der Waals surface area contributed by atoms with Crippen molar-refractivity contribution in [3.63, 3.8) is 0 Å². The number of carboxylic acid groups (broad SMARTS) is 1. The standard InChI is InChI=1S/C15H11FN2O3/c1-8-7-9(16)5-6-12(8)18-13-10(14(19)20)3-2-4-11(13)17-15(18)21/h2-7H,1H3,(H,17,21)(H,19,20). The van der Waals surface area contributed by atoms with E-state index >= 15 is 0 Å². The van der Waals surface area contributed by atoms with Crippen molar-refractivity contribution in [2.75, 3.05) is 0 Å². The van der Waals surface area contributed by atoms with Crippen LogP contribution >= 0.6 is 0 Å². The van der Waals surface area contributed by atoms with Crippen LogP contribution in [0.1, 0.15) is 15.9 Å². The molecule has 0 unspecified atom stereocenters. The largest absolute Gasteiger partial charge is 0.478 e. The summed E-state index contributed by atoms with van der Waals surface area (Å²) in [5.41, 5.74) is 1.22. The van der Waals surface area contributed by atoms with Crippen LogP contribution in [0.2, 0.25) is 0 Å². The Labute approximate surface area is 118 Å². The van der Waals surface area contributed by atoms with Gasteiger partial charge in [-0.2, -0.15) is 0 Å². The van der Waals surface area contributed by atoms with E-state index in [1.54, 1.807) is 19.1 Å². The molecule has 5 nitrogen and oxygen atoms in total. The second-order valence-electron chi connectivity index (χ2n) is 4.70. The van der Waals surface area contributed by atoms with Crippen molar-refractivity contribution in [3.8, 4) is 5.69 Å². The smallest absolute Gasteiger partial charge is 0.337 e. The van der Waals surface area contributed by atoms with Gasteiger partial charge >= 0.3 is 11.7 Å². The molecule has 2 aromatic carbocycles. The third-order valence-electron chi connectivity index (χ3n) is 3.33. The van der Waals surface area contributed by atoms with Gasteiger partial charge in [0.15, 0.2) is 0 Å². The maximum absolute atomic E-state index is 13.2. The van der Waals surface area contributed by atoms with Gasteiger partial charge in [0, 0.05) is 0 Å². The van der Waals surface area contributed by atoms with Crippen molar-refractivity contribution in [1.82, 2.24) is 9.55 Å². The molecule has 3 aromatic rings. The van der Waals surface area contributed by atoms with Crippen LogP contribution in [0.5, 0.6) is 0 Å². The fourth-order valence-electron chi connectivity index (χ4n) is 2.43. The lowest BCUT2D eigenvalue weighted by Crippen LogP contribution is -2.16. The summed E-state index contributed by atoms with van der Waals surface area (Å²) >= 11 is 0. The van der Waals surface area contributed by atoms with Crippen molar-refractivity contribution < 1.29 is 14.3 Å². The van der Waals surface area contributed by atoms with Crippen LogP contribution in [0.15, 0.2) is 41.2 Å². The van der Waals surface area contributed by atoms with E-state index in [0.717, 1.165) is 0 Å². The Morgan fingerprint density at radius 1 is 1.29 bits per heavy atom. The molecule has 21 heavy (non-hydrogen) atoms. The summed E-state index contributed by atoms with van der Waals surface area (Å²) in [6, 6.07) is 8.59. The molecule has 0 radical (unpaired) electrons. The minimum Gasteiger partial charge on any atom is -0.478 e. The Morgan fingerprint density at radius 3 is 2.71 bits per heavy atom. The van der Waals surface area contributed by atoms with Crippen LogP contribution in [0.4, 0.5) is 4.39 Å². The monoisotopic (exact) mass is 286 g/mol. The van der Waals surface area contributed by atoms with E-state index in [-0.39, 0.29) is 11.1 Å². The Morgan fingerprint density at radius 2 is 2.05 bits per heavy atom. The molecule has 0 amide bonds. The van der Waals surface area contributed by atoms with Gasteiger partial charge in [0.2, 0.25) is 0 Å². The summed E-state index contributed by atoms with van der Waals surface area (Å²) in [6.07, 6.45) is 0. The number of carboxylic acids is 1. The third-order valence-corrected chi connectivity index (χ3v) is 3.33. The average Bonchev–Trinajstić information content (AvgIpc) is 2.74. The maximum atomic E-state index is 13.2. The van der Waals surface area contributed by atoms with E-state index in [9.17, 15) is 19.1 Å². The Hall–Kier alpha value is -2.89. The molecule has 0 saturated heterocycles. The van der Waals surface area contributed by atoms with E-state index in [2.05, 4.69) is 4.98 Å². The van der Waals surface area contributed by atoms with Gasteiger partial charge in [0.1, 0.15) is 5.82 Å². The number of para-hydroxylation sites is 1. The number of carbonyl (C=O) groups is 1. The first-order valence-electron chi connectivity index (χ1n) is 6.22. The number of aromatic carboxylic acids is 1. The van der Waals surface area contributed by atoms with Gasteiger partial charge < -0.3 is 10.1 Å². The summed E-state index contributed by atoms with van der Waals surface area (Å²) in [4.78, 5) is 26.1. The zero-order valence-electron chi connectivity index (χ0n) is 11.1. The Bertz CT molecular complexity index is 924. The van der Waals surface area contributed by atoms with Gasteiger partial charge in [0.25, 0.3) is 0 Å². The summed E-state index contributed by atoms with van der Waals surface area (Å²) in [5.74, 6) is -1.55. The van der Waals surface area contributed by atoms with Crippen LogP contribution in [0.25, 0.3) is 16.7 Å². The van der Waals surface area contributed by atoms with Crippen LogP contribution in [-0.2, 0) is 0 Å². The number of aromatic amines is 1. The van der Waals surface area contributed by atoms with E-state index in [1.807, 2.05) is 0 Å². The van der Waals surface area contributed by atoms with Crippen LogP contribution < -0.4 is 5.69 Å². The van der Waals surface area contributed by atoms with Gasteiger partial charge in [0.05, 0.1) is 22.3 Å². The zero-order chi connectivity index (χ0) is 15.1. The van der Waals surface area contributed by atoms with Crippen LogP contribution in [0.3, 0.4) is 0 Å². The number of hydrogen-bond acceptors (Lipinski definition) is 2. The van der Waals surface area contributed by atoms with E-state index in [1.165, 1.54) is 28.8 Å². The Balaban J connectivity index is 2.45. The molecule has 0 saturated carbocycles. The summed E-state index contributed by atoms with van der Waals surface area (Å²) < 4.78 is 14.5. The van der Waals surface area contributed by atoms with E-state index in [4.69, 9.17) is 0 Å².